The minimum atomic E-state index is -4.33. The van der Waals surface area contributed by atoms with Gasteiger partial charge >= 0.3 is 6.18 Å². The van der Waals surface area contributed by atoms with E-state index in [-0.39, 0.29) is 11.5 Å². The van der Waals surface area contributed by atoms with E-state index in [9.17, 15) is 21.6 Å². The van der Waals surface area contributed by atoms with Gasteiger partial charge in [-0.25, -0.2) is 13.4 Å². The summed E-state index contributed by atoms with van der Waals surface area (Å²) in [7, 11) is -3.48. The number of hydrogen-bond acceptors (Lipinski definition) is 5. The number of pyridine rings is 1. The normalized spacial score (nSPS) is 15.6. The van der Waals surface area contributed by atoms with E-state index < -0.39 is 22.8 Å². The molecular weight excluding hydrogens is 407 g/mol. The summed E-state index contributed by atoms with van der Waals surface area (Å²) in [5.74, 6) is 0.531. The summed E-state index contributed by atoms with van der Waals surface area (Å²) in [5.41, 5.74) is 1.55. The average molecular weight is 429 g/mol. The van der Waals surface area contributed by atoms with Crippen molar-refractivity contribution in [1.82, 2.24) is 9.29 Å². The molecule has 1 aliphatic rings. The molecule has 1 aromatic carbocycles. The smallest absolute Gasteiger partial charge is 0.367 e. The SMILES string of the molecule is O=S(=O)(c1ccc(NCc2ccc(COCC(F)(F)F)cc2)nc1)N1CCCC1. The van der Waals surface area contributed by atoms with Gasteiger partial charge in [-0.3, -0.25) is 0 Å². The van der Waals surface area contributed by atoms with E-state index in [1.165, 1.54) is 16.6 Å². The molecule has 1 aliphatic heterocycles. The van der Waals surface area contributed by atoms with Crippen LogP contribution in [0.25, 0.3) is 0 Å². The molecule has 0 aliphatic carbocycles. The van der Waals surface area contributed by atoms with Crippen LogP contribution in [0.3, 0.4) is 0 Å². The highest BCUT2D eigenvalue weighted by molar-refractivity contribution is 7.89. The van der Waals surface area contributed by atoms with Gasteiger partial charge in [-0.1, -0.05) is 24.3 Å². The van der Waals surface area contributed by atoms with E-state index in [0.717, 1.165) is 18.4 Å². The van der Waals surface area contributed by atoms with Crippen molar-refractivity contribution < 1.29 is 26.3 Å². The number of nitrogens with one attached hydrogen (secondary N) is 1. The Balaban J connectivity index is 1.51. The minimum Gasteiger partial charge on any atom is -0.367 e. The molecule has 0 saturated carbocycles. The maximum atomic E-state index is 12.5. The van der Waals surface area contributed by atoms with Gasteiger partial charge in [0.15, 0.2) is 0 Å². The lowest BCUT2D eigenvalue weighted by Crippen LogP contribution is -2.27. The van der Waals surface area contributed by atoms with Crippen molar-refractivity contribution in [2.24, 2.45) is 0 Å². The molecule has 0 bridgehead atoms. The first-order valence-corrected chi connectivity index (χ1v) is 10.6. The molecule has 3 rings (SSSR count). The molecule has 29 heavy (non-hydrogen) atoms. The van der Waals surface area contributed by atoms with Crippen molar-refractivity contribution in [1.29, 1.82) is 0 Å². The Kier molecular flexibility index (Phi) is 6.76. The van der Waals surface area contributed by atoms with Crippen LogP contribution < -0.4 is 5.32 Å². The van der Waals surface area contributed by atoms with E-state index in [0.29, 0.717) is 31.0 Å². The first-order chi connectivity index (χ1) is 13.7. The largest absolute Gasteiger partial charge is 0.411 e. The molecule has 10 heteroatoms. The number of anilines is 1. The van der Waals surface area contributed by atoms with E-state index in [1.807, 2.05) is 0 Å². The highest BCUT2D eigenvalue weighted by Gasteiger charge is 2.28. The second-order valence-electron chi connectivity index (χ2n) is 6.77. The summed E-state index contributed by atoms with van der Waals surface area (Å²) in [6.07, 6.45) is -1.24. The van der Waals surface area contributed by atoms with Gasteiger partial charge in [0.05, 0.1) is 6.61 Å². The Bertz CT molecular complexity index is 895. The second-order valence-corrected chi connectivity index (χ2v) is 8.71. The summed E-state index contributed by atoms with van der Waals surface area (Å²) < 4.78 is 67.3. The third kappa shape index (κ3) is 6.15. The van der Waals surface area contributed by atoms with Crippen molar-refractivity contribution in [2.45, 2.75) is 37.1 Å². The zero-order valence-corrected chi connectivity index (χ0v) is 16.5. The van der Waals surface area contributed by atoms with Gasteiger partial charge in [0.2, 0.25) is 10.0 Å². The van der Waals surface area contributed by atoms with Gasteiger partial charge in [-0.05, 0) is 36.1 Å². The monoisotopic (exact) mass is 429 g/mol. The Morgan fingerprint density at radius 2 is 1.69 bits per heavy atom. The Morgan fingerprint density at radius 3 is 2.28 bits per heavy atom. The van der Waals surface area contributed by atoms with Crippen LogP contribution >= 0.6 is 0 Å². The van der Waals surface area contributed by atoms with Gasteiger partial charge in [0, 0.05) is 25.8 Å². The molecule has 0 spiro atoms. The molecule has 1 aromatic heterocycles. The molecule has 0 radical (unpaired) electrons. The summed E-state index contributed by atoms with van der Waals surface area (Å²) in [6, 6.07) is 10.1. The van der Waals surface area contributed by atoms with E-state index >= 15 is 0 Å². The van der Waals surface area contributed by atoms with Gasteiger partial charge in [-0.15, -0.1) is 0 Å². The molecule has 1 fully saturated rings. The van der Waals surface area contributed by atoms with Crippen molar-refractivity contribution in [3.8, 4) is 0 Å². The molecule has 1 saturated heterocycles. The molecule has 2 heterocycles. The van der Waals surface area contributed by atoms with Gasteiger partial charge in [-0.2, -0.15) is 17.5 Å². The highest BCUT2D eigenvalue weighted by Crippen LogP contribution is 2.21. The van der Waals surface area contributed by atoms with Crippen LogP contribution in [0.4, 0.5) is 19.0 Å². The number of halogens is 3. The molecule has 2 aromatic rings. The van der Waals surface area contributed by atoms with Crippen LogP contribution in [0.1, 0.15) is 24.0 Å². The van der Waals surface area contributed by atoms with Crippen LogP contribution in [-0.4, -0.2) is 43.6 Å². The summed E-state index contributed by atoms with van der Waals surface area (Å²) in [5, 5.41) is 3.09. The first kappa shape index (κ1) is 21.5. The number of aromatic nitrogens is 1. The highest BCUT2D eigenvalue weighted by atomic mass is 32.2. The van der Waals surface area contributed by atoms with Crippen molar-refractivity contribution in [2.75, 3.05) is 25.0 Å². The Labute approximate surface area is 167 Å². The van der Waals surface area contributed by atoms with E-state index in [2.05, 4.69) is 15.0 Å². The third-order valence-electron chi connectivity index (χ3n) is 4.47. The van der Waals surface area contributed by atoms with Crippen LogP contribution in [0.5, 0.6) is 0 Å². The number of ether oxygens (including phenoxy) is 1. The molecule has 0 unspecified atom stereocenters. The number of rotatable bonds is 8. The molecular formula is C19H22F3N3O3S. The number of alkyl halides is 3. The maximum Gasteiger partial charge on any atom is 0.411 e. The second kappa shape index (κ2) is 9.10. The van der Waals surface area contributed by atoms with Crippen molar-refractivity contribution in [3.05, 3.63) is 53.7 Å². The topological polar surface area (TPSA) is 71.5 Å². The predicted octanol–water partition coefficient (Wildman–Crippen LogP) is 3.56. The summed E-state index contributed by atoms with van der Waals surface area (Å²) >= 11 is 0. The lowest BCUT2D eigenvalue weighted by atomic mass is 10.1. The zero-order valence-electron chi connectivity index (χ0n) is 15.7. The van der Waals surface area contributed by atoms with Crippen molar-refractivity contribution in [3.63, 3.8) is 0 Å². The number of hydrogen-bond donors (Lipinski definition) is 1. The third-order valence-corrected chi connectivity index (χ3v) is 6.35. The van der Waals surface area contributed by atoms with Crippen LogP contribution in [0.2, 0.25) is 0 Å². The van der Waals surface area contributed by atoms with Gasteiger partial charge < -0.3 is 10.1 Å². The Hall–Kier alpha value is -2.17. The fourth-order valence-electron chi connectivity index (χ4n) is 2.95. The predicted molar refractivity (Wildman–Crippen MR) is 102 cm³/mol. The molecule has 6 nitrogen and oxygen atoms in total. The lowest BCUT2D eigenvalue weighted by molar-refractivity contribution is -0.176. The lowest BCUT2D eigenvalue weighted by Gasteiger charge is -2.15. The first-order valence-electron chi connectivity index (χ1n) is 9.16. The summed E-state index contributed by atoms with van der Waals surface area (Å²) in [6.45, 7) is 0.140. The fraction of sp³-hybridized carbons (Fsp3) is 0.421. The van der Waals surface area contributed by atoms with Gasteiger partial charge in [0.1, 0.15) is 17.3 Å². The average Bonchev–Trinajstić information content (AvgIpc) is 3.22. The van der Waals surface area contributed by atoms with E-state index in [1.54, 1.807) is 30.3 Å². The zero-order chi connectivity index (χ0) is 20.9. The van der Waals surface area contributed by atoms with E-state index in [4.69, 9.17) is 0 Å². The maximum absolute atomic E-state index is 12.5. The molecule has 1 N–H and O–H groups in total. The molecule has 0 atom stereocenters. The minimum absolute atomic E-state index is 0.109. The fourth-order valence-corrected chi connectivity index (χ4v) is 4.41. The van der Waals surface area contributed by atoms with Crippen LogP contribution in [0, 0.1) is 0 Å². The Morgan fingerprint density at radius 1 is 1.03 bits per heavy atom. The van der Waals surface area contributed by atoms with Crippen LogP contribution in [0.15, 0.2) is 47.5 Å². The number of benzene rings is 1. The summed E-state index contributed by atoms with van der Waals surface area (Å²) in [4.78, 5) is 4.34. The van der Waals surface area contributed by atoms with Crippen molar-refractivity contribution >= 4 is 15.8 Å². The molecule has 158 valence electrons. The molecule has 0 amide bonds. The number of sulfonamides is 1. The van der Waals surface area contributed by atoms with Crippen LogP contribution in [-0.2, 0) is 27.9 Å². The number of nitrogens with zero attached hydrogens (tertiary/aromatic N) is 2. The quantitative estimate of drug-likeness (QED) is 0.695. The standard InChI is InChI=1S/C19H22F3N3O3S/c20-19(21,22)14-28-13-16-5-3-15(4-6-16)11-23-18-8-7-17(12-24-18)29(26,27)25-9-1-2-10-25/h3-8,12H,1-2,9-11,13-14H2,(H,23,24). The van der Waals surface area contributed by atoms with Gasteiger partial charge in [0.25, 0.3) is 0 Å².